The maximum absolute atomic E-state index is 12.0. The molecule has 0 heterocycles. The molecule has 7 nitrogen and oxygen atoms in total. The second kappa shape index (κ2) is 16.5. The molecule has 1 atom stereocenters. The Hall–Kier alpha value is -1.11. The molecule has 33 heavy (non-hydrogen) atoms. The fraction of sp³-hybridized carbons (Fsp3) is 0.760. The molecule has 0 fully saturated rings. The fourth-order valence-electron chi connectivity index (χ4n) is 3.75. The molecule has 0 aliphatic carbocycles. The van der Waals surface area contributed by atoms with Gasteiger partial charge in [-0.2, -0.15) is 0 Å². The van der Waals surface area contributed by atoms with Crippen LogP contribution in [0.5, 0.6) is 11.5 Å². The number of hydrogen-bond donors (Lipinski definition) is 2. The number of likely N-dealkylation sites (N-methyl/N-ethyl adjacent to an activating group) is 1. The number of hydrogen-bond acceptors (Lipinski definition) is 6. The standard InChI is InChI=1S/C25H46NO6P/c1-4-5-6-7-8-9-10-11-12-13-18-26(2,3)19-21-32-33(29,30)31-20-14-15-23-16-17-24(27)25(28)22-23/h16-17,22H,4-15,18-21H2,1-3H3,(H2-,27,28,29,30). The lowest BCUT2D eigenvalue weighted by molar-refractivity contribution is -0.890. The highest BCUT2D eigenvalue weighted by Gasteiger charge is 2.17. The van der Waals surface area contributed by atoms with Crippen LogP contribution in [-0.4, -0.2) is 55.1 Å². The number of nitrogens with zero attached hydrogens (tertiary/aromatic N) is 1. The molecule has 1 rings (SSSR count). The van der Waals surface area contributed by atoms with Gasteiger partial charge in [0.05, 0.1) is 27.2 Å². The molecule has 0 radical (unpaired) electrons. The zero-order valence-corrected chi connectivity index (χ0v) is 21.9. The highest BCUT2D eigenvalue weighted by molar-refractivity contribution is 7.45. The largest absolute Gasteiger partial charge is 0.756 e. The van der Waals surface area contributed by atoms with Crippen molar-refractivity contribution in [3.63, 3.8) is 0 Å². The summed E-state index contributed by atoms with van der Waals surface area (Å²) in [6.45, 7) is 3.98. The average molecular weight is 488 g/mol. The van der Waals surface area contributed by atoms with Gasteiger partial charge in [0.1, 0.15) is 13.2 Å². The van der Waals surface area contributed by atoms with Crippen molar-refractivity contribution in [3.8, 4) is 11.5 Å². The molecule has 8 heteroatoms. The number of phenols is 2. The van der Waals surface area contributed by atoms with Crippen LogP contribution in [0.25, 0.3) is 0 Å². The van der Waals surface area contributed by atoms with Crippen LogP contribution in [0.3, 0.4) is 0 Å². The van der Waals surface area contributed by atoms with Gasteiger partial charge in [-0.15, -0.1) is 0 Å². The topological polar surface area (TPSA) is 99.1 Å². The van der Waals surface area contributed by atoms with E-state index in [0.717, 1.165) is 23.0 Å². The minimum Gasteiger partial charge on any atom is -0.756 e. The Kier molecular flexibility index (Phi) is 15.0. The first kappa shape index (κ1) is 29.9. The van der Waals surface area contributed by atoms with Crippen LogP contribution in [0.1, 0.15) is 83.1 Å². The molecule has 0 spiro atoms. The van der Waals surface area contributed by atoms with Gasteiger partial charge in [-0.05, 0) is 43.4 Å². The molecule has 0 aliphatic rings. The minimum absolute atomic E-state index is 0.0132. The van der Waals surface area contributed by atoms with Gasteiger partial charge in [0.2, 0.25) is 0 Å². The zero-order chi connectivity index (χ0) is 24.6. The van der Waals surface area contributed by atoms with E-state index < -0.39 is 7.82 Å². The summed E-state index contributed by atoms with van der Waals surface area (Å²) >= 11 is 0. The maximum Gasteiger partial charge on any atom is 0.268 e. The molecule has 1 aromatic rings. The quantitative estimate of drug-likeness (QED) is 0.109. The molecule has 2 N–H and O–H groups in total. The van der Waals surface area contributed by atoms with Crippen molar-refractivity contribution in [2.24, 2.45) is 0 Å². The Morgan fingerprint density at radius 2 is 1.39 bits per heavy atom. The number of phenolic OH excluding ortho intramolecular Hbond substituents is 2. The molecule has 0 aromatic heterocycles. The summed E-state index contributed by atoms with van der Waals surface area (Å²) in [5.41, 5.74) is 0.793. The zero-order valence-electron chi connectivity index (χ0n) is 21.0. The van der Waals surface area contributed by atoms with Crippen molar-refractivity contribution >= 4 is 7.82 Å². The van der Waals surface area contributed by atoms with Crippen molar-refractivity contribution in [2.45, 2.75) is 84.0 Å². The van der Waals surface area contributed by atoms with E-state index in [0.29, 0.717) is 19.4 Å². The van der Waals surface area contributed by atoms with Gasteiger partial charge in [0.25, 0.3) is 7.82 Å². The fourth-order valence-corrected chi connectivity index (χ4v) is 4.49. The molecule has 1 unspecified atom stereocenters. The van der Waals surface area contributed by atoms with Crippen molar-refractivity contribution in [3.05, 3.63) is 23.8 Å². The van der Waals surface area contributed by atoms with Gasteiger partial charge in [0, 0.05) is 0 Å². The summed E-state index contributed by atoms with van der Waals surface area (Å²) in [4.78, 5) is 12.0. The smallest absolute Gasteiger partial charge is 0.268 e. The predicted molar refractivity (Wildman–Crippen MR) is 131 cm³/mol. The van der Waals surface area contributed by atoms with Crippen LogP contribution in [-0.2, 0) is 20.0 Å². The number of phosphoric acid groups is 1. The van der Waals surface area contributed by atoms with Crippen LogP contribution >= 0.6 is 7.82 Å². The number of quaternary nitrogens is 1. The summed E-state index contributed by atoms with van der Waals surface area (Å²) in [5.74, 6) is -0.369. The lowest BCUT2D eigenvalue weighted by Crippen LogP contribution is -2.43. The lowest BCUT2D eigenvalue weighted by Gasteiger charge is -2.31. The van der Waals surface area contributed by atoms with Gasteiger partial charge in [-0.3, -0.25) is 4.57 Å². The monoisotopic (exact) mass is 487 g/mol. The second-order valence-corrected chi connectivity index (χ2v) is 11.0. The molecule has 1 aromatic carbocycles. The van der Waals surface area contributed by atoms with Crippen molar-refractivity contribution < 1.29 is 33.2 Å². The Morgan fingerprint density at radius 1 is 0.818 bits per heavy atom. The SMILES string of the molecule is CCCCCCCCCCCC[N+](C)(C)CCOP(=O)([O-])OCCCc1ccc(O)c(O)c1. The van der Waals surface area contributed by atoms with E-state index in [1.165, 1.54) is 69.9 Å². The molecule has 0 bridgehead atoms. The second-order valence-electron chi connectivity index (χ2n) is 9.61. The van der Waals surface area contributed by atoms with Crippen molar-refractivity contribution in [2.75, 3.05) is 40.4 Å². The highest BCUT2D eigenvalue weighted by atomic mass is 31.2. The van der Waals surface area contributed by atoms with Crippen LogP contribution in [0.4, 0.5) is 0 Å². The number of unbranched alkanes of at least 4 members (excludes halogenated alkanes) is 9. The van der Waals surface area contributed by atoms with Crippen LogP contribution < -0.4 is 4.89 Å². The third kappa shape index (κ3) is 15.4. The number of aryl methyl sites for hydroxylation is 1. The highest BCUT2D eigenvalue weighted by Crippen LogP contribution is 2.38. The summed E-state index contributed by atoms with van der Waals surface area (Å²) in [6, 6.07) is 4.54. The first-order chi connectivity index (χ1) is 15.7. The Morgan fingerprint density at radius 3 is 2.00 bits per heavy atom. The maximum atomic E-state index is 12.0. The average Bonchev–Trinajstić information content (AvgIpc) is 2.74. The Bertz CT molecular complexity index is 697. The van der Waals surface area contributed by atoms with Crippen LogP contribution in [0.2, 0.25) is 0 Å². The summed E-state index contributed by atoms with van der Waals surface area (Å²) < 4.78 is 22.7. The van der Waals surface area contributed by atoms with E-state index in [1.807, 2.05) is 0 Å². The van der Waals surface area contributed by atoms with E-state index in [-0.39, 0.29) is 24.7 Å². The van der Waals surface area contributed by atoms with Crippen LogP contribution in [0.15, 0.2) is 18.2 Å². The van der Waals surface area contributed by atoms with E-state index in [9.17, 15) is 19.7 Å². The molecule has 0 saturated carbocycles. The van der Waals surface area contributed by atoms with Gasteiger partial charge in [-0.1, -0.05) is 64.4 Å². The molecular formula is C25H46NO6P. The number of phosphoric ester groups is 1. The van der Waals surface area contributed by atoms with E-state index in [4.69, 9.17) is 9.05 Å². The summed E-state index contributed by atoms with van der Waals surface area (Å²) in [6.07, 6.45) is 14.0. The third-order valence-electron chi connectivity index (χ3n) is 5.96. The third-order valence-corrected chi connectivity index (χ3v) is 6.96. The molecular weight excluding hydrogens is 441 g/mol. The number of benzene rings is 1. The Labute approximate surface area is 200 Å². The first-order valence-corrected chi connectivity index (χ1v) is 14.0. The minimum atomic E-state index is -4.32. The molecule has 0 saturated heterocycles. The van der Waals surface area contributed by atoms with E-state index in [2.05, 4.69) is 21.0 Å². The lowest BCUT2D eigenvalue weighted by atomic mass is 10.1. The van der Waals surface area contributed by atoms with Crippen molar-refractivity contribution in [1.29, 1.82) is 0 Å². The molecule has 0 aliphatic heterocycles. The summed E-state index contributed by atoms with van der Waals surface area (Å²) in [5, 5.41) is 18.8. The van der Waals surface area contributed by atoms with Gasteiger partial charge in [-0.25, -0.2) is 0 Å². The van der Waals surface area contributed by atoms with Crippen molar-refractivity contribution in [1.82, 2.24) is 0 Å². The number of rotatable bonds is 20. The molecule has 0 amide bonds. The first-order valence-electron chi connectivity index (χ1n) is 12.6. The van der Waals surface area contributed by atoms with Gasteiger partial charge in [0.15, 0.2) is 11.5 Å². The normalized spacial score (nSPS) is 13.8. The molecule has 192 valence electrons. The van der Waals surface area contributed by atoms with Gasteiger partial charge >= 0.3 is 0 Å². The van der Waals surface area contributed by atoms with Crippen LogP contribution in [0, 0.1) is 0 Å². The summed E-state index contributed by atoms with van der Waals surface area (Å²) in [7, 11) is -0.125. The number of aromatic hydroxyl groups is 2. The van der Waals surface area contributed by atoms with Gasteiger partial charge < -0.3 is 28.6 Å². The van der Waals surface area contributed by atoms with E-state index >= 15 is 0 Å². The van der Waals surface area contributed by atoms with E-state index in [1.54, 1.807) is 6.07 Å². The Balaban J connectivity index is 2.08. The predicted octanol–water partition coefficient (Wildman–Crippen LogP) is 5.53.